The lowest BCUT2D eigenvalue weighted by Gasteiger charge is -2.21. The van der Waals surface area contributed by atoms with Crippen molar-refractivity contribution in [3.63, 3.8) is 0 Å². The van der Waals surface area contributed by atoms with Crippen LogP contribution in [0.25, 0.3) is 10.9 Å². The van der Waals surface area contributed by atoms with Gasteiger partial charge < -0.3 is 23.5 Å². The van der Waals surface area contributed by atoms with Crippen molar-refractivity contribution in [3.05, 3.63) is 76.1 Å². The molecule has 3 aromatic rings. The Bertz CT molecular complexity index is 1320. The number of carbonyl (C=O) groups is 1. The van der Waals surface area contributed by atoms with Crippen molar-refractivity contribution in [3.8, 4) is 11.8 Å². The van der Waals surface area contributed by atoms with E-state index in [-0.39, 0.29) is 30.4 Å². The number of ether oxygens (including phenoxy) is 4. The molecule has 0 amide bonds. The first kappa shape index (κ1) is 22.4. The lowest BCUT2D eigenvalue weighted by Crippen LogP contribution is -2.37. The van der Waals surface area contributed by atoms with Gasteiger partial charge in [0, 0.05) is 5.39 Å². The maximum atomic E-state index is 13.4. The minimum Gasteiger partial charge on any atom is -0.483 e. The summed E-state index contributed by atoms with van der Waals surface area (Å²) in [5.74, 6) is -0.611. The number of pyridine rings is 1. The maximum Gasteiger partial charge on any atom is 0.321 e. The number of hydrogen-bond acceptors (Lipinski definition) is 7. The Morgan fingerprint density at radius 1 is 1.06 bits per heavy atom. The Morgan fingerprint density at radius 2 is 1.74 bits per heavy atom. The predicted molar refractivity (Wildman–Crippen MR) is 123 cm³/mol. The molecule has 2 fully saturated rings. The highest BCUT2D eigenvalue weighted by molar-refractivity contribution is 6.26. The van der Waals surface area contributed by atoms with Gasteiger partial charge in [-0.15, -0.1) is 11.6 Å². The van der Waals surface area contributed by atoms with Crippen LogP contribution in [-0.4, -0.2) is 54.0 Å². The summed E-state index contributed by atoms with van der Waals surface area (Å²) in [6.45, 7) is 0.641. The number of fused-ring (bicyclic) bond motifs is 2. The van der Waals surface area contributed by atoms with Crippen LogP contribution in [0.1, 0.15) is 11.1 Å². The van der Waals surface area contributed by atoms with E-state index in [0.29, 0.717) is 17.4 Å². The molecule has 0 spiro atoms. The average molecular weight is 481 g/mol. The van der Waals surface area contributed by atoms with Gasteiger partial charge in [-0.25, -0.2) is 0 Å². The van der Waals surface area contributed by atoms with Crippen LogP contribution < -0.4 is 10.3 Å². The van der Waals surface area contributed by atoms with Crippen LogP contribution in [-0.2, 0) is 25.5 Å². The summed E-state index contributed by atoms with van der Waals surface area (Å²) in [7, 11) is 0. The van der Waals surface area contributed by atoms with Gasteiger partial charge in [0.05, 0.1) is 25.3 Å². The second-order valence-corrected chi connectivity index (χ2v) is 8.39. The number of carbonyl (C=O) groups excluding carboxylic acids is 1. The molecule has 0 N–H and O–H groups in total. The molecule has 9 heteroatoms. The van der Waals surface area contributed by atoms with Crippen molar-refractivity contribution in [1.29, 1.82) is 5.26 Å². The second-order valence-electron chi connectivity index (χ2n) is 8.12. The van der Waals surface area contributed by atoms with Gasteiger partial charge in [-0.3, -0.25) is 9.59 Å². The monoisotopic (exact) mass is 480 g/mol. The molecule has 174 valence electrons. The normalized spacial score (nSPS) is 23.4. The highest BCUT2D eigenvalue weighted by Gasteiger charge is 2.51. The Kier molecular flexibility index (Phi) is 6.24. The molecule has 34 heavy (non-hydrogen) atoms. The molecule has 3 heterocycles. The lowest BCUT2D eigenvalue weighted by molar-refractivity contribution is -0.150. The number of nitrogens with zero attached hydrogens (tertiary/aromatic N) is 2. The van der Waals surface area contributed by atoms with Crippen molar-refractivity contribution in [2.45, 2.75) is 31.0 Å². The molecule has 1 unspecified atom stereocenters. The molecule has 0 saturated carbocycles. The third kappa shape index (κ3) is 4.03. The van der Waals surface area contributed by atoms with Crippen molar-refractivity contribution >= 4 is 28.5 Å². The highest BCUT2D eigenvalue weighted by Crippen LogP contribution is 2.35. The number of rotatable bonds is 6. The van der Waals surface area contributed by atoms with E-state index < -0.39 is 35.9 Å². The molecule has 5 rings (SSSR count). The Labute approximate surface area is 200 Å². The molecule has 0 aliphatic carbocycles. The van der Waals surface area contributed by atoms with Gasteiger partial charge in [0.25, 0.3) is 5.56 Å². The van der Waals surface area contributed by atoms with Crippen molar-refractivity contribution < 1.29 is 23.7 Å². The Balaban J connectivity index is 1.49. The number of para-hydroxylation sites is 1. The molecule has 8 nitrogen and oxygen atoms in total. The van der Waals surface area contributed by atoms with E-state index in [2.05, 4.69) is 0 Å². The van der Waals surface area contributed by atoms with Gasteiger partial charge in [-0.2, -0.15) is 5.26 Å². The molecular weight excluding hydrogens is 460 g/mol. The minimum absolute atomic E-state index is 0.0822. The van der Waals surface area contributed by atoms with Crippen molar-refractivity contribution in [1.82, 2.24) is 4.57 Å². The standard InChI is InChI=1S/C25H21ClN2O6/c26-10-21(29)33-19-13-31-24-20(14-32-23(19)24)34-22-16-8-4-5-9-18(16)28(25(30)17(22)11-27)12-15-6-2-1-3-7-15/h1-9,19-20,23-24H,10,12-14H2/t19-,20?,23+,24+/m0/s1. The van der Waals surface area contributed by atoms with Crippen LogP contribution in [0.5, 0.6) is 5.75 Å². The second kappa shape index (κ2) is 9.47. The van der Waals surface area contributed by atoms with Gasteiger partial charge in [0.15, 0.2) is 23.5 Å². The summed E-state index contributed by atoms with van der Waals surface area (Å²) in [4.78, 5) is 25.0. The van der Waals surface area contributed by atoms with E-state index in [1.54, 1.807) is 4.57 Å². The fourth-order valence-electron chi connectivity index (χ4n) is 4.50. The summed E-state index contributed by atoms with van der Waals surface area (Å²) in [6, 6.07) is 18.9. The van der Waals surface area contributed by atoms with E-state index >= 15 is 0 Å². The van der Waals surface area contributed by atoms with E-state index in [4.69, 9.17) is 30.5 Å². The van der Waals surface area contributed by atoms with Gasteiger partial charge in [0.2, 0.25) is 0 Å². The number of halogens is 1. The third-order valence-corrected chi connectivity index (χ3v) is 6.26. The molecule has 1 aromatic heterocycles. The number of benzene rings is 2. The van der Waals surface area contributed by atoms with E-state index in [1.165, 1.54) is 0 Å². The van der Waals surface area contributed by atoms with Crippen LogP contribution >= 0.6 is 11.6 Å². The average Bonchev–Trinajstić information content (AvgIpc) is 3.45. The van der Waals surface area contributed by atoms with Crippen LogP contribution in [0, 0.1) is 11.3 Å². The SMILES string of the molecule is N#Cc1c(OC2CO[C@@H]3[C@@H](OC(=O)CCl)CO[C@H]23)c2ccccc2n(Cc2ccccc2)c1=O. The number of hydrogen-bond donors (Lipinski definition) is 0. The fraction of sp³-hybridized carbons (Fsp3) is 0.320. The van der Waals surface area contributed by atoms with Gasteiger partial charge >= 0.3 is 5.97 Å². The van der Waals surface area contributed by atoms with E-state index in [1.807, 2.05) is 60.7 Å². The number of esters is 1. The first-order valence-electron chi connectivity index (χ1n) is 10.9. The zero-order valence-electron chi connectivity index (χ0n) is 18.1. The van der Waals surface area contributed by atoms with E-state index in [9.17, 15) is 14.9 Å². The maximum absolute atomic E-state index is 13.4. The van der Waals surface area contributed by atoms with Gasteiger partial charge in [-0.05, 0) is 17.7 Å². The van der Waals surface area contributed by atoms with Crippen LogP contribution in [0.15, 0.2) is 59.4 Å². The van der Waals surface area contributed by atoms with Gasteiger partial charge in [-0.1, -0.05) is 42.5 Å². The van der Waals surface area contributed by atoms with Gasteiger partial charge in [0.1, 0.15) is 24.2 Å². The highest BCUT2D eigenvalue weighted by atomic mass is 35.5. The zero-order valence-corrected chi connectivity index (χ0v) is 18.8. The van der Waals surface area contributed by atoms with Crippen LogP contribution in [0.3, 0.4) is 0 Å². The fourth-order valence-corrected chi connectivity index (χ4v) is 4.57. The van der Waals surface area contributed by atoms with Crippen LogP contribution in [0.4, 0.5) is 0 Å². The topological polar surface area (TPSA) is 99.8 Å². The zero-order chi connectivity index (χ0) is 23.7. The van der Waals surface area contributed by atoms with Crippen molar-refractivity contribution in [2.75, 3.05) is 19.1 Å². The molecule has 0 bridgehead atoms. The van der Waals surface area contributed by atoms with E-state index in [0.717, 1.165) is 5.56 Å². The first-order chi connectivity index (χ1) is 16.6. The summed E-state index contributed by atoms with van der Waals surface area (Å²) >= 11 is 5.53. The summed E-state index contributed by atoms with van der Waals surface area (Å²) in [5.41, 5.74) is 1.08. The molecule has 2 aliphatic rings. The number of nitriles is 1. The molecular formula is C25H21ClN2O6. The predicted octanol–water partition coefficient (Wildman–Crippen LogP) is 2.62. The summed E-state index contributed by atoms with van der Waals surface area (Å²) in [5, 5.41) is 10.5. The first-order valence-corrected chi connectivity index (χ1v) is 11.4. The number of aromatic nitrogens is 1. The van der Waals surface area contributed by atoms with Crippen LogP contribution in [0.2, 0.25) is 0 Å². The lowest BCUT2D eigenvalue weighted by atomic mass is 10.1. The minimum atomic E-state index is -0.587. The smallest absolute Gasteiger partial charge is 0.321 e. The molecule has 4 atom stereocenters. The van der Waals surface area contributed by atoms with Crippen molar-refractivity contribution in [2.24, 2.45) is 0 Å². The largest absolute Gasteiger partial charge is 0.483 e. The number of alkyl halides is 1. The molecule has 2 aliphatic heterocycles. The molecule has 2 aromatic carbocycles. The summed E-state index contributed by atoms with van der Waals surface area (Å²) < 4.78 is 24.7. The molecule has 2 saturated heterocycles. The summed E-state index contributed by atoms with van der Waals surface area (Å²) in [6.07, 6.45) is -2.18. The Morgan fingerprint density at radius 3 is 2.47 bits per heavy atom. The molecule has 0 radical (unpaired) electrons. The quantitative estimate of drug-likeness (QED) is 0.395. The Hall–Kier alpha value is -3.38. The third-order valence-electron chi connectivity index (χ3n) is 6.04.